The van der Waals surface area contributed by atoms with E-state index in [0.29, 0.717) is 50.5 Å². The SMILES string of the molecule is CNC(=O)c1c(-c2ccc(F)cc2)oc2c1cc(-c1cccc(C(=O)CC(C)(C)C)c1)c1c2ccn1S(C)(=O)=O. The van der Waals surface area contributed by atoms with Crippen LogP contribution in [0.25, 0.3) is 44.3 Å². The number of fused-ring (bicyclic) bond motifs is 3. The minimum Gasteiger partial charge on any atom is -0.454 e. The van der Waals surface area contributed by atoms with Gasteiger partial charge < -0.3 is 9.73 Å². The number of hydrogen-bond donors (Lipinski definition) is 1. The summed E-state index contributed by atoms with van der Waals surface area (Å²) in [5.41, 5.74) is 2.83. The fourth-order valence-corrected chi connectivity index (χ4v) is 5.76. The third kappa shape index (κ3) is 4.93. The minimum absolute atomic E-state index is 0.0295. The lowest BCUT2D eigenvalue weighted by Crippen LogP contribution is -2.18. The van der Waals surface area contributed by atoms with Crippen molar-refractivity contribution in [3.8, 4) is 22.5 Å². The quantitative estimate of drug-likeness (QED) is 0.235. The normalized spacial score (nSPS) is 12.2. The van der Waals surface area contributed by atoms with Crippen LogP contribution in [0.2, 0.25) is 0 Å². The number of halogens is 1. The van der Waals surface area contributed by atoms with Gasteiger partial charge in [0.15, 0.2) is 5.78 Å². The van der Waals surface area contributed by atoms with Gasteiger partial charge in [0.2, 0.25) is 10.0 Å². The van der Waals surface area contributed by atoms with E-state index >= 15 is 0 Å². The fourth-order valence-electron chi connectivity index (χ4n) is 4.95. The van der Waals surface area contributed by atoms with Crippen LogP contribution in [0.5, 0.6) is 0 Å². The lowest BCUT2D eigenvalue weighted by atomic mass is 9.87. The number of amides is 1. The lowest BCUT2D eigenvalue weighted by Gasteiger charge is -2.17. The Hall–Kier alpha value is -4.24. The molecular weight excluding hydrogens is 531 g/mol. The summed E-state index contributed by atoms with van der Waals surface area (Å²) in [6.45, 7) is 5.97. The van der Waals surface area contributed by atoms with Crippen LogP contribution in [0, 0.1) is 11.2 Å². The van der Waals surface area contributed by atoms with Gasteiger partial charge >= 0.3 is 0 Å². The van der Waals surface area contributed by atoms with Gasteiger partial charge in [-0.3, -0.25) is 9.59 Å². The highest BCUT2D eigenvalue weighted by Crippen LogP contribution is 2.42. The van der Waals surface area contributed by atoms with E-state index in [2.05, 4.69) is 5.32 Å². The topological polar surface area (TPSA) is 98.4 Å². The van der Waals surface area contributed by atoms with Crippen molar-refractivity contribution in [2.45, 2.75) is 27.2 Å². The molecule has 2 aromatic heterocycles. The largest absolute Gasteiger partial charge is 0.454 e. The number of nitrogens with zero attached hydrogens (tertiary/aromatic N) is 1. The average molecular weight is 561 g/mol. The van der Waals surface area contributed by atoms with Crippen molar-refractivity contribution in [1.82, 2.24) is 9.29 Å². The summed E-state index contributed by atoms with van der Waals surface area (Å²) in [4.78, 5) is 26.3. The molecule has 5 rings (SSSR count). The Morgan fingerprint density at radius 1 is 0.975 bits per heavy atom. The second kappa shape index (κ2) is 9.75. The maximum absolute atomic E-state index is 13.7. The van der Waals surface area contributed by atoms with Gasteiger partial charge in [0, 0.05) is 47.1 Å². The number of aromatic nitrogens is 1. The molecule has 2 heterocycles. The molecule has 9 heteroatoms. The molecule has 0 saturated heterocycles. The van der Waals surface area contributed by atoms with Crippen molar-refractivity contribution in [1.29, 1.82) is 0 Å². The molecule has 3 aromatic carbocycles. The Morgan fingerprint density at radius 2 is 1.68 bits per heavy atom. The summed E-state index contributed by atoms with van der Waals surface area (Å²) in [5.74, 6) is -0.649. The van der Waals surface area contributed by atoms with E-state index in [-0.39, 0.29) is 22.5 Å². The van der Waals surface area contributed by atoms with Crippen molar-refractivity contribution >= 4 is 43.6 Å². The van der Waals surface area contributed by atoms with Crippen LogP contribution < -0.4 is 5.32 Å². The van der Waals surface area contributed by atoms with Crippen molar-refractivity contribution in [3.05, 3.63) is 83.8 Å². The monoisotopic (exact) mass is 560 g/mol. The van der Waals surface area contributed by atoms with Gasteiger partial charge in [-0.25, -0.2) is 16.8 Å². The molecule has 7 nitrogen and oxygen atoms in total. The summed E-state index contributed by atoms with van der Waals surface area (Å²) in [5, 5.41) is 3.58. The highest BCUT2D eigenvalue weighted by molar-refractivity contribution is 7.89. The molecule has 0 spiro atoms. The molecular formula is C31H29FN2O5S. The Morgan fingerprint density at radius 3 is 2.30 bits per heavy atom. The van der Waals surface area contributed by atoms with Crippen LogP contribution in [0.15, 0.2) is 71.3 Å². The summed E-state index contributed by atoms with van der Waals surface area (Å²) < 4.78 is 46.7. The van der Waals surface area contributed by atoms with E-state index in [1.54, 1.807) is 36.4 Å². The highest BCUT2D eigenvalue weighted by Gasteiger charge is 2.27. The second-order valence-electron chi connectivity index (χ2n) is 11.1. The van der Waals surface area contributed by atoms with E-state index in [4.69, 9.17) is 4.42 Å². The molecule has 0 aliphatic rings. The first-order valence-corrected chi connectivity index (χ1v) is 14.6. The molecule has 40 heavy (non-hydrogen) atoms. The Bertz CT molecular complexity index is 1910. The predicted molar refractivity (Wildman–Crippen MR) is 155 cm³/mol. The van der Waals surface area contributed by atoms with Crippen LogP contribution >= 0.6 is 0 Å². The molecule has 0 unspecified atom stereocenters. The first-order valence-electron chi connectivity index (χ1n) is 12.7. The molecule has 5 aromatic rings. The van der Waals surface area contributed by atoms with Crippen LogP contribution in [0.4, 0.5) is 4.39 Å². The first kappa shape index (κ1) is 27.3. The molecule has 1 N–H and O–H groups in total. The zero-order valence-electron chi connectivity index (χ0n) is 22.8. The molecule has 0 radical (unpaired) electrons. The third-order valence-electron chi connectivity index (χ3n) is 6.69. The van der Waals surface area contributed by atoms with Gasteiger partial charge in [0.1, 0.15) is 17.2 Å². The van der Waals surface area contributed by atoms with E-state index in [1.807, 2.05) is 20.8 Å². The first-order chi connectivity index (χ1) is 18.8. The molecule has 0 aliphatic carbocycles. The molecule has 0 saturated carbocycles. The molecule has 1 amide bonds. The van der Waals surface area contributed by atoms with Crippen molar-refractivity contribution in [3.63, 3.8) is 0 Å². The maximum Gasteiger partial charge on any atom is 0.255 e. The zero-order chi connectivity index (χ0) is 29.0. The smallest absolute Gasteiger partial charge is 0.255 e. The number of nitrogens with one attached hydrogen (secondary N) is 1. The van der Waals surface area contributed by atoms with Crippen LogP contribution in [0.3, 0.4) is 0 Å². The summed E-state index contributed by atoms with van der Waals surface area (Å²) in [6.07, 6.45) is 2.89. The average Bonchev–Trinajstić information content (AvgIpc) is 3.49. The minimum atomic E-state index is -3.73. The molecule has 0 atom stereocenters. The van der Waals surface area contributed by atoms with E-state index < -0.39 is 21.7 Å². The number of furan rings is 1. The third-order valence-corrected chi connectivity index (χ3v) is 7.71. The number of benzene rings is 3. The van der Waals surface area contributed by atoms with E-state index in [1.165, 1.54) is 41.5 Å². The Labute approximate surface area is 231 Å². The van der Waals surface area contributed by atoms with Crippen molar-refractivity contribution < 1.29 is 26.8 Å². The fraction of sp³-hybridized carbons (Fsp3) is 0.226. The van der Waals surface area contributed by atoms with Gasteiger partial charge in [-0.05, 0) is 53.4 Å². The number of rotatable bonds is 6. The Kier molecular flexibility index (Phi) is 6.66. The van der Waals surface area contributed by atoms with Gasteiger partial charge in [0.25, 0.3) is 5.91 Å². The Balaban J connectivity index is 1.86. The van der Waals surface area contributed by atoms with Gasteiger partial charge in [0.05, 0.1) is 17.3 Å². The maximum atomic E-state index is 13.7. The van der Waals surface area contributed by atoms with Gasteiger partial charge in [-0.15, -0.1) is 0 Å². The standard InChI is InChI=1S/C31H29FN2O5S/c1-31(2,3)17-25(35)20-8-6-7-19(15-20)23-16-24-26(30(36)33-4)28(18-9-11-21(32)12-10-18)39-29(24)22-13-14-34(27(22)23)40(5,37)38/h6-16H,17H2,1-5H3,(H,33,36). The number of carbonyl (C=O) groups excluding carboxylic acids is 2. The van der Waals surface area contributed by atoms with Crippen LogP contribution in [-0.4, -0.2) is 37.4 Å². The van der Waals surface area contributed by atoms with Crippen molar-refractivity contribution in [2.75, 3.05) is 13.3 Å². The van der Waals surface area contributed by atoms with E-state index in [9.17, 15) is 22.4 Å². The number of carbonyl (C=O) groups is 2. The zero-order valence-corrected chi connectivity index (χ0v) is 23.6. The second-order valence-corrected chi connectivity index (χ2v) is 12.9. The number of Topliss-reactive ketones (excluding diaryl/α,β-unsaturated/α-hetero) is 1. The lowest BCUT2D eigenvalue weighted by molar-refractivity contribution is 0.0937. The van der Waals surface area contributed by atoms with E-state index in [0.717, 1.165) is 6.26 Å². The summed E-state index contributed by atoms with van der Waals surface area (Å²) >= 11 is 0. The molecule has 0 bridgehead atoms. The molecule has 206 valence electrons. The number of hydrogen-bond acceptors (Lipinski definition) is 5. The van der Waals surface area contributed by atoms with Crippen LogP contribution in [-0.2, 0) is 10.0 Å². The van der Waals surface area contributed by atoms with Crippen LogP contribution in [0.1, 0.15) is 47.9 Å². The molecule has 0 fully saturated rings. The number of ketones is 1. The van der Waals surface area contributed by atoms with Crippen molar-refractivity contribution in [2.24, 2.45) is 5.41 Å². The summed E-state index contributed by atoms with van der Waals surface area (Å²) in [7, 11) is -2.23. The van der Waals surface area contributed by atoms with Gasteiger partial charge in [-0.1, -0.05) is 39.0 Å². The summed E-state index contributed by atoms with van der Waals surface area (Å²) in [6, 6.07) is 16.0. The predicted octanol–water partition coefficient (Wildman–Crippen LogP) is 6.65. The highest BCUT2D eigenvalue weighted by atomic mass is 32.2. The van der Waals surface area contributed by atoms with Gasteiger partial charge in [-0.2, -0.15) is 0 Å². The molecule has 0 aliphatic heterocycles.